The van der Waals surface area contributed by atoms with E-state index >= 15 is 0 Å². The molecule has 0 saturated heterocycles. The number of hydrogen-bond acceptors (Lipinski definition) is 3. The molecule has 1 aromatic carbocycles. The summed E-state index contributed by atoms with van der Waals surface area (Å²) in [4.78, 5) is 11.7. The van der Waals surface area contributed by atoms with Crippen molar-refractivity contribution in [2.75, 3.05) is 5.32 Å². The number of anilines is 1. The molecule has 0 atom stereocenters. The van der Waals surface area contributed by atoms with Gasteiger partial charge in [-0.2, -0.15) is 13.2 Å². The van der Waals surface area contributed by atoms with E-state index in [-0.39, 0.29) is 22.4 Å². The van der Waals surface area contributed by atoms with E-state index in [0.717, 1.165) is 0 Å². The molecule has 0 spiro atoms. The largest absolute Gasteiger partial charge is 0.459 e. The molecule has 0 aliphatic heterocycles. The number of nitrogens with one attached hydrogen (secondary N) is 1. The van der Waals surface area contributed by atoms with Gasteiger partial charge in [0.2, 0.25) is 0 Å². The minimum atomic E-state index is -4.32. The monoisotopic (exact) mass is 287 g/mol. The van der Waals surface area contributed by atoms with Crippen LogP contribution in [-0.4, -0.2) is 11.4 Å². The summed E-state index contributed by atoms with van der Waals surface area (Å²) in [6.07, 6.45) is 1.36. The summed E-state index contributed by atoms with van der Waals surface area (Å²) in [5, 5.41) is 2.51. The molecule has 1 amide bonds. The van der Waals surface area contributed by atoms with E-state index in [1.165, 1.54) is 36.6 Å². The standard InChI is InChI=1S/C12H8F3NO2S/c13-12(14,15)19-9-5-3-8(4-6-9)16-11(17)10-2-1-7-18-10/h1-7H,(H,16,17). The highest BCUT2D eigenvalue weighted by atomic mass is 32.2. The van der Waals surface area contributed by atoms with Crippen LogP contribution < -0.4 is 5.32 Å². The number of furan rings is 1. The lowest BCUT2D eigenvalue weighted by Crippen LogP contribution is -2.10. The zero-order valence-electron chi connectivity index (χ0n) is 9.40. The van der Waals surface area contributed by atoms with Crippen molar-refractivity contribution in [2.24, 2.45) is 0 Å². The molecule has 1 heterocycles. The quantitative estimate of drug-likeness (QED) is 0.862. The first kappa shape index (κ1) is 13.5. The summed E-state index contributed by atoms with van der Waals surface area (Å²) in [5.74, 6) is -0.324. The van der Waals surface area contributed by atoms with Crippen LogP contribution >= 0.6 is 11.8 Å². The SMILES string of the molecule is O=C(Nc1ccc(SC(F)(F)F)cc1)c1ccco1. The van der Waals surface area contributed by atoms with Gasteiger partial charge in [0.05, 0.1) is 6.26 Å². The number of carbonyl (C=O) groups is 1. The molecule has 0 aliphatic carbocycles. The van der Waals surface area contributed by atoms with Crippen LogP contribution in [0.3, 0.4) is 0 Å². The van der Waals surface area contributed by atoms with Gasteiger partial charge in [-0.1, -0.05) is 0 Å². The Labute approximate surface area is 110 Å². The predicted octanol–water partition coefficient (Wildman–Crippen LogP) is 4.14. The zero-order valence-corrected chi connectivity index (χ0v) is 10.2. The highest BCUT2D eigenvalue weighted by Gasteiger charge is 2.29. The third-order valence-electron chi connectivity index (χ3n) is 2.09. The normalized spacial score (nSPS) is 11.3. The number of carbonyl (C=O) groups excluding carboxylic acids is 1. The van der Waals surface area contributed by atoms with Gasteiger partial charge >= 0.3 is 5.51 Å². The van der Waals surface area contributed by atoms with Crippen molar-refractivity contribution in [3.05, 3.63) is 48.4 Å². The number of amides is 1. The first-order valence-electron chi connectivity index (χ1n) is 5.15. The Morgan fingerprint density at radius 1 is 1.16 bits per heavy atom. The third kappa shape index (κ3) is 4.06. The molecule has 19 heavy (non-hydrogen) atoms. The maximum Gasteiger partial charge on any atom is 0.446 e. The zero-order chi connectivity index (χ0) is 13.9. The summed E-state index contributed by atoms with van der Waals surface area (Å²) in [6, 6.07) is 8.43. The number of rotatable bonds is 3. The second-order valence-corrected chi connectivity index (χ2v) is 4.64. The molecule has 2 aromatic rings. The van der Waals surface area contributed by atoms with Crippen molar-refractivity contribution in [1.29, 1.82) is 0 Å². The molecule has 100 valence electrons. The Hall–Kier alpha value is -1.89. The molecule has 0 fully saturated rings. The Balaban J connectivity index is 2.01. The van der Waals surface area contributed by atoms with Gasteiger partial charge in [0.15, 0.2) is 5.76 Å². The summed E-state index contributed by atoms with van der Waals surface area (Å²) in [5.41, 5.74) is -3.92. The van der Waals surface area contributed by atoms with Crippen molar-refractivity contribution >= 4 is 23.4 Å². The van der Waals surface area contributed by atoms with Crippen LogP contribution in [0.1, 0.15) is 10.6 Å². The van der Waals surface area contributed by atoms with Crippen LogP contribution in [0, 0.1) is 0 Å². The van der Waals surface area contributed by atoms with Gasteiger partial charge in [0, 0.05) is 10.6 Å². The average Bonchev–Trinajstić information content (AvgIpc) is 2.83. The molecular weight excluding hydrogens is 279 g/mol. The molecule has 7 heteroatoms. The van der Waals surface area contributed by atoms with E-state index < -0.39 is 11.4 Å². The molecule has 0 saturated carbocycles. The van der Waals surface area contributed by atoms with E-state index in [9.17, 15) is 18.0 Å². The molecule has 0 aliphatic rings. The molecule has 2 rings (SSSR count). The maximum absolute atomic E-state index is 12.1. The lowest BCUT2D eigenvalue weighted by atomic mass is 10.3. The Morgan fingerprint density at radius 2 is 1.84 bits per heavy atom. The first-order valence-corrected chi connectivity index (χ1v) is 5.96. The highest BCUT2D eigenvalue weighted by Crippen LogP contribution is 2.37. The molecule has 0 bridgehead atoms. The number of hydrogen-bond donors (Lipinski definition) is 1. The molecule has 1 aromatic heterocycles. The van der Waals surface area contributed by atoms with Gasteiger partial charge < -0.3 is 9.73 Å². The average molecular weight is 287 g/mol. The molecular formula is C12H8F3NO2S. The Bertz CT molecular complexity index is 549. The Morgan fingerprint density at radius 3 is 2.37 bits per heavy atom. The number of thioether (sulfide) groups is 1. The number of halogens is 3. The van der Waals surface area contributed by atoms with Gasteiger partial charge in [-0.05, 0) is 48.2 Å². The lowest BCUT2D eigenvalue weighted by molar-refractivity contribution is -0.0328. The van der Waals surface area contributed by atoms with Crippen molar-refractivity contribution in [3.8, 4) is 0 Å². The topological polar surface area (TPSA) is 42.2 Å². The van der Waals surface area contributed by atoms with Gasteiger partial charge in [0.1, 0.15) is 0 Å². The van der Waals surface area contributed by atoms with Crippen LogP contribution in [0.5, 0.6) is 0 Å². The van der Waals surface area contributed by atoms with Crippen LogP contribution in [0.4, 0.5) is 18.9 Å². The van der Waals surface area contributed by atoms with Gasteiger partial charge in [0.25, 0.3) is 5.91 Å². The summed E-state index contributed by atoms with van der Waals surface area (Å²) in [7, 11) is 0. The molecule has 3 nitrogen and oxygen atoms in total. The summed E-state index contributed by atoms with van der Waals surface area (Å²) < 4.78 is 41.2. The van der Waals surface area contributed by atoms with E-state index in [1.54, 1.807) is 6.07 Å². The maximum atomic E-state index is 12.1. The molecule has 0 radical (unpaired) electrons. The van der Waals surface area contributed by atoms with E-state index in [2.05, 4.69) is 5.32 Å². The smallest absolute Gasteiger partial charge is 0.446 e. The van der Waals surface area contributed by atoms with E-state index in [0.29, 0.717) is 5.69 Å². The lowest BCUT2D eigenvalue weighted by Gasteiger charge is -2.07. The van der Waals surface area contributed by atoms with Crippen LogP contribution in [0.25, 0.3) is 0 Å². The summed E-state index contributed by atoms with van der Waals surface area (Å²) >= 11 is -0.205. The summed E-state index contributed by atoms with van der Waals surface area (Å²) in [6.45, 7) is 0. The number of benzene rings is 1. The second-order valence-electron chi connectivity index (χ2n) is 3.50. The van der Waals surface area contributed by atoms with E-state index in [4.69, 9.17) is 4.42 Å². The Kier molecular flexibility index (Phi) is 3.84. The predicted molar refractivity (Wildman–Crippen MR) is 65.0 cm³/mol. The number of alkyl halides is 3. The highest BCUT2D eigenvalue weighted by molar-refractivity contribution is 8.00. The third-order valence-corrected chi connectivity index (χ3v) is 2.83. The fraction of sp³-hybridized carbons (Fsp3) is 0.0833. The van der Waals surface area contributed by atoms with Crippen LogP contribution in [-0.2, 0) is 0 Å². The van der Waals surface area contributed by atoms with Crippen LogP contribution in [0.15, 0.2) is 52.0 Å². The first-order chi connectivity index (χ1) is 8.94. The van der Waals surface area contributed by atoms with Gasteiger partial charge in [-0.15, -0.1) is 0 Å². The molecule has 0 unspecified atom stereocenters. The van der Waals surface area contributed by atoms with Gasteiger partial charge in [-0.3, -0.25) is 4.79 Å². The minimum Gasteiger partial charge on any atom is -0.459 e. The minimum absolute atomic E-state index is 0.0588. The van der Waals surface area contributed by atoms with Crippen molar-refractivity contribution in [1.82, 2.24) is 0 Å². The van der Waals surface area contributed by atoms with Crippen molar-refractivity contribution in [2.45, 2.75) is 10.4 Å². The van der Waals surface area contributed by atoms with Crippen LogP contribution in [0.2, 0.25) is 0 Å². The second kappa shape index (κ2) is 5.40. The van der Waals surface area contributed by atoms with E-state index in [1.807, 2.05) is 0 Å². The van der Waals surface area contributed by atoms with Gasteiger partial charge in [-0.25, -0.2) is 0 Å². The van der Waals surface area contributed by atoms with Crippen molar-refractivity contribution in [3.63, 3.8) is 0 Å². The fourth-order valence-corrected chi connectivity index (χ4v) is 1.88. The molecule has 1 N–H and O–H groups in total. The fourth-order valence-electron chi connectivity index (χ4n) is 1.34. The van der Waals surface area contributed by atoms with Crippen molar-refractivity contribution < 1.29 is 22.4 Å².